The van der Waals surface area contributed by atoms with Gasteiger partial charge in [0.05, 0.1) is 0 Å². The van der Waals surface area contributed by atoms with Gasteiger partial charge in [-0.25, -0.2) is 4.79 Å². The normalized spacial score (nSPS) is 11.2. The van der Waals surface area contributed by atoms with Crippen LogP contribution in [0.5, 0.6) is 0 Å². The van der Waals surface area contributed by atoms with Crippen molar-refractivity contribution < 1.29 is 9.90 Å². The van der Waals surface area contributed by atoms with Crippen molar-refractivity contribution in [3.05, 3.63) is 24.3 Å². The van der Waals surface area contributed by atoms with Crippen LogP contribution in [0.4, 0.5) is 0 Å². The van der Waals surface area contributed by atoms with E-state index in [-0.39, 0.29) is 0 Å². The molecular weight excluding hydrogens is 152 g/mol. The van der Waals surface area contributed by atoms with Gasteiger partial charge in [-0.05, 0) is 32.6 Å². The summed E-state index contributed by atoms with van der Waals surface area (Å²) in [6, 6.07) is 0. The Labute approximate surface area is 73.6 Å². The topological polar surface area (TPSA) is 37.3 Å². The lowest BCUT2D eigenvalue weighted by Gasteiger charge is -1.99. The van der Waals surface area contributed by atoms with Gasteiger partial charge in [0.25, 0.3) is 0 Å². The third kappa shape index (κ3) is 4.72. The molecule has 0 spiro atoms. The van der Waals surface area contributed by atoms with Gasteiger partial charge in [0.1, 0.15) is 0 Å². The lowest BCUT2D eigenvalue weighted by molar-refractivity contribution is -0.132. The molecule has 0 saturated carbocycles. The first kappa shape index (κ1) is 11.0. The summed E-state index contributed by atoms with van der Waals surface area (Å²) in [4.78, 5) is 10.5. The highest BCUT2D eigenvalue weighted by atomic mass is 16.4. The van der Waals surface area contributed by atoms with Crippen molar-refractivity contribution in [1.82, 2.24) is 0 Å². The van der Waals surface area contributed by atoms with Gasteiger partial charge in [0.2, 0.25) is 0 Å². The van der Waals surface area contributed by atoms with Crippen molar-refractivity contribution >= 4 is 5.97 Å². The van der Waals surface area contributed by atoms with Crippen LogP contribution in [0.3, 0.4) is 0 Å². The van der Waals surface area contributed by atoms with Crippen LogP contribution in [-0.4, -0.2) is 11.1 Å². The summed E-state index contributed by atoms with van der Waals surface area (Å²) in [5.74, 6) is -0.795. The summed E-state index contributed by atoms with van der Waals surface area (Å²) < 4.78 is 0. The van der Waals surface area contributed by atoms with Crippen LogP contribution in [0.25, 0.3) is 0 Å². The predicted molar refractivity (Wildman–Crippen MR) is 50.1 cm³/mol. The molecular formula is C10H16O2. The molecule has 2 nitrogen and oxygen atoms in total. The van der Waals surface area contributed by atoms with Gasteiger partial charge in [0, 0.05) is 5.57 Å². The van der Waals surface area contributed by atoms with E-state index in [4.69, 9.17) is 5.11 Å². The smallest absolute Gasteiger partial charge is 0.331 e. The first-order valence-electron chi connectivity index (χ1n) is 4.21. The molecule has 1 N–H and O–H groups in total. The Kier molecular flexibility index (Phi) is 6.07. The highest BCUT2D eigenvalue weighted by Gasteiger charge is 2.03. The van der Waals surface area contributed by atoms with Crippen LogP contribution < -0.4 is 0 Å². The SMILES string of the molecule is C=CCCCC/C(=C/C)C(=O)O. The van der Waals surface area contributed by atoms with E-state index in [1.54, 1.807) is 13.0 Å². The Bertz CT molecular complexity index is 180. The highest BCUT2D eigenvalue weighted by molar-refractivity contribution is 5.86. The fourth-order valence-electron chi connectivity index (χ4n) is 0.979. The minimum atomic E-state index is -0.795. The van der Waals surface area contributed by atoms with Crippen LogP contribution >= 0.6 is 0 Å². The number of carbonyl (C=O) groups is 1. The lowest BCUT2D eigenvalue weighted by Crippen LogP contribution is -1.99. The Balaban J connectivity index is 3.60. The van der Waals surface area contributed by atoms with E-state index < -0.39 is 5.97 Å². The fraction of sp³-hybridized carbons (Fsp3) is 0.500. The second-order valence-electron chi connectivity index (χ2n) is 2.65. The number of allylic oxidation sites excluding steroid dienone is 2. The van der Waals surface area contributed by atoms with Gasteiger partial charge < -0.3 is 5.11 Å². The van der Waals surface area contributed by atoms with Gasteiger partial charge in [-0.3, -0.25) is 0 Å². The van der Waals surface area contributed by atoms with Gasteiger partial charge in [-0.2, -0.15) is 0 Å². The molecule has 0 saturated heterocycles. The maximum atomic E-state index is 10.5. The van der Waals surface area contributed by atoms with Crippen molar-refractivity contribution in [3.63, 3.8) is 0 Å². The molecule has 0 aliphatic rings. The maximum absolute atomic E-state index is 10.5. The molecule has 0 aliphatic heterocycles. The minimum absolute atomic E-state index is 0.513. The van der Waals surface area contributed by atoms with Crippen LogP contribution in [0, 0.1) is 0 Å². The van der Waals surface area contributed by atoms with Crippen molar-refractivity contribution in [1.29, 1.82) is 0 Å². The van der Waals surface area contributed by atoms with Gasteiger partial charge in [-0.15, -0.1) is 6.58 Å². The van der Waals surface area contributed by atoms with E-state index in [9.17, 15) is 4.79 Å². The van der Waals surface area contributed by atoms with Crippen molar-refractivity contribution in [2.24, 2.45) is 0 Å². The van der Waals surface area contributed by atoms with Gasteiger partial charge in [-0.1, -0.05) is 12.2 Å². The van der Waals surface area contributed by atoms with E-state index in [1.807, 2.05) is 6.08 Å². The molecule has 0 radical (unpaired) electrons. The molecule has 12 heavy (non-hydrogen) atoms. The number of hydrogen-bond acceptors (Lipinski definition) is 1. The van der Waals surface area contributed by atoms with Gasteiger partial charge >= 0.3 is 5.97 Å². The largest absolute Gasteiger partial charge is 0.478 e. The molecule has 0 unspecified atom stereocenters. The van der Waals surface area contributed by atoms with Crippen molar-refractivity contribution in [2.75, 3.05) is 0 Å². The Morgan fingerprint density at radius 3 is 2.58 bits per heavy atom. The second-order valence-corrected chi connectivity index (χ2v) is 2.65. The molecule has 0 heterocycles. The summed E-state index contributed by atoms with van der Waals surface area (Å²) in [6.07, 6.45) is 7.11. The fourth-order valence-corrected chi connectivity index (χ4v) is 0.979. The lowest BCUT2D eigenvalue weighted by atomic mass is 10.1. The summed E-state index contributed by atoms with van der Waals surface area (Å²) in [6.45, 7) is 5.36. The van der Waals surface area contributed by atoms with Crippen LogP contribution in [0.2, 0.25) is 0 Å². The molecule has 0 atom stereocenters. The van der Waals surface area contributed by atoms with E-state index >= 15 is 0 Å². The van der Waals surface area contributed by atoms with Gasteiger partial charge in [0.15, 0.2) is 0 Å². The Hall–Kier alpha value is -1.05. The molecule has 2 heteroatoms. The zero-order chi connectivity index (χ0) is 9.40. The number of aliphatic carboxylic acids is 1. The molecule has 0 aromatic carbocycles. The first-order valence-corrected chi connectivity index (χ1v) is 4.21. The number of carboxylic acid groups (broad SMARTS) is 1. The summed E-state index contributed by atoms with van der Waals surface area (Å²) in [5.41, 5.74) is 0.513. The van der Waals surface area contributed by atoms with E-state index in [2.05, 4.69) is 6.58 Å². The van der Waals surface area contributed by atoms with E-state index in [1.165, 1.54) is 0 Å². The monoisotopic (exact) mass is 168 g/mol. The number of carboxylic acids is 1. The van der Waals surface area contributed by atoms with E-state index in [0.717, 1.165) is 19.3 Å². The average Bonchev–Trinajstić information content (AvgIpc) is 2.04. The summed E-state index contributed by atoms with van der Waals surface area (Å²) >= 11 is 0. The third-order valence-corrected chi connectivity index (χ3v) is 1.73. The highest BCUT2D eigenvalue weighted by Crippen LogP contribution is 2.08. The average molecular weight is 168 g/mol. The molecule has 0 amide bonds. The number of hydrogen-bond donors (Lipinski definition) is 1. The van der Waals surface area contributed by atoms with E-state index in [0.29, 0.717) is 12.0 Å². The second kappa shape index (κ2) is 6.65. The zero-order valence-electron chi connectivity index (χ0n) is 7.55. The Morgan fingerprint density at radius 2 is 2.17 bits per heavy atom. The standard InChI is InChI=1S/C10H16O2/c1-3-5-6-7-8-9(4-2)10(11)12/h3-4H,1,5-8H2,2H3,(H,11,12)/b9-4-. The maximum Gasteiger partial charge on any atom is 0.331 e. The molecule has 0 aromatic rings. The zero-order valence-corrected chi connectivity index (χ0v) is 7.55. The molecule has 0 aliphatic carbocycles. The minimum Gasteiger partial charge on any atom is -0.478 e. The van der Waals surface area contributed by atoms with Crippen LogP contribution in [-0.2, 0) is 4.79 Å². The predicted octanol–water partition coefficient (Wildman–Crippen LogP) is 2.76. The van der Waals surface area contributed by atoms with Crippen molar-refractivity contribution in [2.45, 2.75) is 32.6 Å². The Morgan fingerprint density at radius 1 is 1.50 bits per heavy atom. The van der Waals surface area contributed by atoms with Crippen molar-refractivity contribution in [3.8, 4) is 0 Å². The molecule has 0 aromatic heterocycles. The summed E-state index contributed by atoms with van der Waals surface area (Å²) in [7, 11) is 0. The van der Waals surface area contributed by atoms with Crippen LogP contribution in [0.15, 0.2) is 24.3 Å². The number of unbranched alkanes of at least 4 members (excludes halogenated alkanes) is 2. The molecule has 0 fully saturated rings. The molecule has 68 valence electrons. The van der Waals surface area contributed by atoms with Crippen LogP contribution in [0.1, 0.15) is 32.6 Å². The first-order chi connectivity index (χ1) is 5.72. The molecule has 0 bridgehead atoms. The summed E-state index contributed by atoms with van der Waals surface area (Å²) in [5, 5.41) is 8.64. The number of rotatable bonds is 6. The molecule has 0 rings (SSSR count). The third-order valence-electron chi connectivity index (χ3n) is 1.73. The quantitative estimate of drug-likeness (QED) is 0.376.